The molecule has 27 heavy (non-hydrogen) atoms. The molecule has 1 unspecified atom stereocenters. The van der Waals surface area contributed by atoms with Crippen molar-refractivity contribution in [3.8, 4) is 0 Å². The molecule has 0 amide bonds. The highest BCUT2D eigenvalue weighted by Crippen LogP contribution is 2.18. The van der Waals surface area contributed by atoms with Crippen molar-refractivity contribution in [1.29, 1.82) is 0 Å². The third-order valence-electron chi connectivity index (χ3n) is 4.67. The summed E-state index contributed by atoms with van der Waals surface area (Å²) in [6, 6.07) is 0.381. The number of rotatable bonds is 7. The zero-order valence-corrected chi connectivity index (χ0v) is 18.3. The summed E-state index contributed by atoms with van der Waals surface area (Å²) < 4.78 is 39.0. The summed E-state index contributed by atoms with van der Waals surface area (Å²) in [4.78, 5) is 6.75. The number of alkyl halides is 3. The zero-order valence-electron chi connectivity index (χ0n) is 16.0. The third-order valence-corrected chi connectivity index (χ3v) is 4.67. The number of aromatic nitrogens is 3. The van der Waals surface area contributed by atoms with Gasteiger partial charge in [0.2, 0.25) is 0 Å². The van der Waals surface area contributed by atoms with Crippen LogP contribution in [0.3, 0.4) is 0 Å². The Morgan fingerprint density at radius 1 is 1.30 bits per heavy atom. The number of likely N-dealkylation sites (tertiary alicyclic amines) is 1. The maximum Gasteiger partial charge on any atom is 0.390 e. The van der Waals surface area contributed by atoms with Gasteiger partial charge in [-0.1, -0.05) is 6.92 Å². The summed E-state index contributed by atoms with van der Waals surface area (Å²) in [6.45, 7) is 6.68. The van der Waals surface area contributed by atoms with Gasteiger partial charge in [-0.15, -0.1) is 34.2 Å². The number of guanidine groups is 1. The molecule has 1 aliphatic rings. The first-order valence-electron chi connectivity index (χ1n) is 8.98. The first-order valence-corrected chi connectivity index (χ1v) is 8.98. The van der Waals surface area contributed by atoms with E-state index in [1.54, 1.807) is 0 Å². The molecule has 0 radical (unpaired) electrons. The Morgan fingerprint density at radius 2 is 2.04 bits per heavy atom. The Bertz CT molecular complexity index is 603. The van der Waals surface area contributed by atoms with Crippen LogP contribution in [0.15, 0.2) is 4.99 Å². The van der Waals surface area contributed by atoms with E-state index in [-0.39, 0.29) is 37.1 Å². The van der Waals surface area contributed by atoms with Crippen LogP contribution >= 0.6 is 24.0 Å². The Kier molecular flexibility index (Phi) is 9.77. The van der Waals surface area contributed by atoms with E-state index in [9.17, 15) is 13.2 Å². The molecule has 1 aromatic rings. The predicted molar refractivity (Wildman–Crippen MR) is 109 cm³/mol. The van der Waals surface area contributed by atoms with Crippen LogP contribution in [0.1, 0.15) is 37.8 Å². The maximum atomic E-state index is 12.4. The number of halogens is 4. The Hall–Kier alpha value is -1.11. The Labute approximate surface area is 175 Å². The topological polar surface area (TPSA) is 70.4 Å². The lowest BCUT2D eigenvalue weighted by Gasteiger charge is -2.24. The lowest BCUT2D eigenvalue weighted by Crippen LogP contribution is -2.45. The van der Waals surface area contributed by atoms with Gasteiger partial charge in [-0.2, -0.15) is 13.2 Å². The minimum atomic E-state index is -4.19. The summed E-state index contributed by atoms with van der Waals surface area (Å²) in [5, 5.41) is 14.0. The van der Waals surface area contributed by atoms with Crippen molar-refractivity contribution in [3.05, 3.63) is 11.6 Å². The fourth-order valence-electron chi connectivity index (χ4n) is 2.99. The molecule has 1 fully saturated rings. The van der Waals surface area contributed by atoms with Crippen LogP contribution in [0.4, 0.5) is 13.2 Å². The average molecular weight is 503 g/mol. The van der Waals surface area contributed by atoms with E-state index >= 15 is 0 Å². The summed E-state index contributed by atoms with van der Waals surface area (Å²) in [5.41, 5.74) is 0. The maximum absolute atomic E-state index is 12.4. The van der Waals surface area contributed by atoms with E-state index in [1.165, 1.54) is 0 Å². The van der Waals surface area contributed by atoms with Crippen molar-refractivity contribution in [3.63, 3.8) is 0 Å². The van der Waals surface area contributed by atoms with Crippen LogP contribution in [-0.4, -0.2) is 64.0 Å². The molecule has 7 nitrogen and oxygen atoms in total. The van der Waals surface area contributed by atoms with Gasteiger partial charge in [0, 0.05) is 26.2 Å². The molecule has 2 N–H and O–H groups in total. The third kappa shape index (κ3) is 7.80. The van der Waals surface area contributed by atoms with Crippen LogP contribution in [0, 0.1) is 6.92 Å². The lowest BCUT2D eigenvalue weighted by molar-refractivity contribution is -0.132. The standard InChI is InChI=1S/C16H28F3N7.HI/c1-4-26-9-5-6-13(26)10-21-15(20-8-7-16(17,18)19)22-11-14-24-23-12(2)25(14)3;/h13H,4-11H2,1-3H3,(H2,20,21,22);1H. The minimum Gasteiger partial charge on any atom is -0.356 e. The average Bonchev–Trinajstić information content (AvgIpc) is 3.16. The molecule has 0 bridgehead atoms. The summed E-state index contributed by atoms with van der Waals surface area (Å²) in [5.74, 6) is 1.80. The van der Waals surface area contributed by atoms with E-state index in [0.29, 0.717) is 24.4 Å². The van der Waals surface area contributed by atoms with Crippen molar-refractivity contribution < 1.29 is 13.2 Å². The van der Waals surface area contributed by atoms with Gasteiger partial charge in [0.1, 0.15) is 12.4 Å². The van der Waals surface area contributed by atoms with E-state index in [1.807, 2.05) is 18.5 Å². The number of aliphatic imine (C=N–C) groups is 1. The second-order valence-corrected chi connectivity index (χ2v) is 6.48. The molecule has 0 saturated carbocycles. The SMILES string of the molecule is CCN1CCCC1CNC(=NCc1nnc(C)n1C)NCCC(F)(F)F.I. The van der Waals surface area contributed by atoms with Gasteiger partial charge in [-0.25, -0.2) is 4.99 Å². The molecular formula is C16H29F3IN7. The second kappa shape index (κ2) is 11.0. The van der Waals surface area contributed by atoms with Gasteiger partial charge >= 0.3 is 6.18 Å². The van der Waals surface area contributed by atoms with Crippen molar-refractivity contribution >= 4 is 29.9 Å². The van der Waals surface area contributed by atoms with Crippen molar-refractivity contribution in [2.45, 2.75) is 51.9 Å². The normalized spacial score (nSPS) is 18.4. The minimum absolute atomic E-state index is 0. The summed E-state index contributed by atoms with van der Waals surface area (Å²) in [6.07, 6.45) is -2.86. The highest BCUT2D eigenvalue weighted by Gasteiger charge is 2.27. The van der Waals surface area contributed by atoms with Gasteiger partial charge in [0.15, 0.2) is 11.8 Å². The van der Waals surface area contributed by atoms with Crippen LogP contribution in [0.5, 0.6) is 0 Å². The van der Waals surface area contributed by atoms with Crippen molar-refractivity contribution in [2.75, 3.05) is 26.2 Å². The molecule has 2 rings (SSSR count). The quantitative estimate of drug-likeness (QED) is 0.340. The molecular weight excluding hydrogens is 474 g/mol. The molecule has 2 heterocycles. The van der Waals surface area contributed by atoms with Crippen LogP contribution in [0.25, 0.3) is 0 Å². The Balaban J connectivity index is 0.00000364. The zero-order chi connectivity index (χ0) is 19.2. The van der Waals surface area contributed by atoms with Crippen molar-refractivity contribution in [1.82, 2.24) is 30.3 Å². The van der Waals surface area contributed by atoms with E-state index in [2.05, 4.69) is 37.6 Å². The molecule has 1 saturated heterocycles. The predicted octanol–water partition coefficient (Wildman–Crippen LogP) is 2.21. The highest BCUT2D eigenvalue weighted by molar-refractivity contribution is 14.0. The number of nitrogens with zero attached hydrogens (tertiary/aromatic N) is 5. The molecule has 1 atom stereocenters. The second-order valence-electron chi connectivity index (χ2n) is 6.48. The first kappa shape index (κ1) is 23.9. The summed E-state index contributed by atoms with van der Waals surface area (Å²) >= 11 is 0. The van der Waals surface area contributed by atoms with Gasteiger partial charge in [0.05, 0.1) is 6.42 Å². The molecule has 11 heteroatoms. The van der Waals surface area contributed by atoms with E-state index in [0.717, 1.165) is 31.8 Å². The molecule has 156 valence electrons. The number of hydrogen-bond donors (Lipinski definition) is 2. The fourth-order valence-corrected chi connectivity index (χ4v) is 2.99. The van der Waals surface area contributed by atoms with Crippen LogP contribution in [0.2, 0.25) is 0 Å². The highest BCUT2D eigenvalue weighted by atomic mass is 127. The monoisotopic (exact) mass is 503 g/mol. The molecule has 0 aromatic carbocycles. The first-order chi connectivity index (χ1) is 12.3. The van der Waals surface area contributed by atoms with Crippen molar-refractivity contribution in [2.24, 2.45) is 12.0 Å². The summed E-state index contributed by atoms with van der Waals surface area (Å²) in [7, 11) is 1.84. The fraction of sp³-hybridized carbons (Fsp3) is 0.812. The molecule has 1 aromatic heterocycles. The number of nitrogens with one attached hydrogen (secondary N) is 2. The van der Waals surface area contributed by atoms with Gasteiger partial charge in [-0.3, -0.25) is 4.90 Å². The van der Waals surface area contributed by atoms with Crippen LogP contribution in [-0.2, 0) is 13.6 Å². The largest absolute Gasteiger partial charge is 0.390 e. The van der Waals surface area contributed by atoms with E-state index < -0.39 is 12.6 Å². The van der Waals surface area contributed by atoms with Gasteiger partial charge in [0.25, 0.3) is 0 Å². The Morgan fingerprint density at radius 3 is 2.63 bits per heavy atom. The van der Waals surface area contributed by atoms with E-state index in [4.69, 9.17) is 0 Å². The smallest absolute Gasteiger partial charge is 0.356 e. The molecule has 0 aliphatic carbocycles. The van der Waals surface area contributed by atoms with Gasteiger partial charge in [-0.05, 0) is 32.9 Å². The van der Waals surface area contributed by atoms with Crippen LogP contribution < -0.4 is 10.6 Å². The molecule has 1 aliphatic heterocycles. The number of hydrogen-bond acceptors (Lipinski definition) is 4. The number of likely N-dealkylation sites (N-methyl/N-ethyl adjacent to an activating group) is 1. The van der Waals surface area contributed by atoms with Gasteiger partial charge < -0.3 is 15.2 Å². The number of aryl methyl sites for hydroxylation is 1. The lowest BCUT2D eigenvalue weighted by atomic mass is 10.2. The molecule has 0 spiro atoms.